The Balaban J connectivity index is 1.69. The van der Waals surface area contributed by atoms with E-state index in [2.05, 4.69) is 0 Å². The Morgan fingerprint density at radius 3 is 2.58 bits per heavy atom. The topological polar surface area (TPSA) is 55.8 Å². The van der Waals surface area contributed by atoms with Crippen molar-refractivity contribution in [1.82, 2.24) is 4.90 Å². The highest BCUT2D eigenvalue weighted by Gasteiger charge is 2.35. The van der Waals surface area contributed by atoms with Crippen molar-refractivity contribution >= 4 is 39.8 Å². The molecule has 0 aromatic heterocycles. The van der Waals surface area contributed by atoms with E-state index in [1.54, 1.807) is 18.2 Å². The average Bonchev–Trinajstić information content (AvgIpc) is 3.05. The Bertz CT molecular complexity index is 1160. The van der Waals surface area contributed by atoms with E-state index >= 15 is 0 Å². The van der Waals surface area contributed by atoms with Crippen molar-refractivity contribution in [3.8, 4) is 5.75 Å². The Kier molecular flexibility index (Phi) is 6.34. The molecule has 0 unspecified atom stereocenters. The number of benzene rings is 3. The summed E-state index contributed by atoms with van der Waals surface area (Å²) >= 11 is 0.906. The fraction of sp³-hybridized carbons (Fsp3) is 0.167. The molecule has 5 nitrogen and oxygen atoms in total. The minimum atomic E-state index is -0.343. The summed E-state index contributed by atoms with van der Waals surface area (Å²) in [6.45, 7) is 0.738. The van der Waals surface area contributed by atoms with Gasteiger partial charge in [0.15, 0.2) is 0 Å². The van der Waals surface area contributed by atoms with Gasteiger partial charge in [-0.2, -0.15) is 0 Å². The molecule has 3 aromatic carbocycles. The second kappa shape index (κ2) is 9.32. The van der Waals surface area contributed by atoms with E-state index in [0.717, 1.165) is 33.7 Å². The van der Waals surface area contributed by atoms with Crippen LogP contribution in [0.5, 0.6) is 5.75 Å². The smallest absolute Gasteiger partial charge is 0.293 e. The molecule has 1 aliphatic heterocycles. The molecular formula is C24H20FNO4S. The number of carbonyl (C=O) groups excluding carboxylic acids is 2. The van der Waals surface area contributed by atoms with E-state index < -0.39 is 0 Å². The first-order chi connectivity index (χ1) is 15.1. The van der Waals surface area contributed by atoms with E-state index in [9.17, 15) is 14.0 Å². The normalized spacial score (nSPS) is 15.3. The molecule has 1 fully saturated rings. The zero-order chi connectivity index (χ0) is 21.8. The van der Waals surface area contributed by atoms with Crippen molar-refractivity contribution in [3.63, 3.8) is 0 Å². The first-order valence-electron chi connectivity index (χ1n) is 9.70. The number of nitrogens with zero attached hydrogens (tertiary/aromatic N) is 1. The van der Waals surface area contributed by atoms with Gasteiger partial charge in [0.25, 0.3) is 11.1 Å². The molecule has 2 amide bonds. The van der Waals surface area contributed by atoms with Crippen LogP contribution in [0.3, 0.4) is 0 Å². The van der Waals surface area contributed by atoms with Crippen LogP contribution in [-0.2, 0) is 16.1 Å². The second-order valence-electron chi connectivity index (χ2n) is 6.94. The van der Waals surface area contributed by atoms with Crippen LogP contribution in [0.2, 0.25) is 0 Å². The van der Waals surface area contributed by atoms with Crippen LogP contribution in [0.4, 0.5) is 9.18 Å². The Labute approximate surface area is 183 Å². The number of thioether (sulfide) groups is 1. The Morgan fingerprint density at radius 2 is 1.81 bits per heavy atom. The summed E-state index contributed by atoms with van der Waals surface area (Å²) < 4.78 is 24.2. The van der Waals surface area contributed by atoms with Gasteiger partial charge in [0, 0.05) is 12.7 Å². The molecule has 1 aliphatic rings. The van der Waals surface area contributed by atoms with Crippen LogP contribution in [0, 0.1) is 5.82 Å². The molecule has 0 aliphatic carbocycles. The summed E-state index contributed by atoms with van der Waals surface area (Å²) in [6, 6.07) is 17.6. The van der Waals surface area contributed by atoms with Gasteiger partial charge in [0.05, 0.1) is 18.1 Å². The number of rotatable bonds is 7. The molecule has 0 bridgehead atoms. The van der Waals surface area contributed by atoms with Crippen molar-refractivity contribution in [3.05, 3.63) is 82.5 Å². The van der Waals surface area contributed by atoms with Gasteiger partial charge in [-0.05, 0) is 52.4 Å². The highest BCUT2D eigenvalue weighted by Crippen LogP contribution is 2.37. The van der Waals surface area contributed by atoms with Crippen molar-refractivity contribution in [2.45, 2.75) is 6.61 Å². The molecule has 0 N–H and O–H groups in total. The number of ether oxygens (including phenoxy) is 2. The summed E-state index contributed by atoms with van der Waals surface area (Å²) in [7, 11) is 1.52. The first kappa shape index (κ1) is 21.1. The molecule has 7 heteroatoms. The molecule has 0 spiro atoms. The van der Waals surface area contributed by atoms with E-state index in [1.807, 2.05) is 36.4 Å². The van der Waals surface area contributed by atoms with E-state index in [0.29, 0.717) is 10.7 Å². The van der Waals surface area contributed by atoms with Gasteiger partial charge in [-0.25, -0.2) is 4.39 Å². The lowest BCUT2D eigenvalue weighted by molar-refractivity contribution is -0.123. The number of amides is 2. The summed E-state index contributed by atoms with van der Waals surface area (Å²) in [5.74, 6) is -0.0736. The zero-order valence-corrected chi connectivity index (χ0v) is 17.7. The molecule has 0 saturated carbocycles. The van der Waals surface area contributed by atoms with Crippen LogP contribution in [0.15, 0.2) is 65.6 Å². The Morgan fingerprint density at radius 1 is 1.03 bits per heavy atom. The standard InChI is InChI=1S/C24H20FNO4S/c1-29-13-12-26-23(27)22(31-24(26)28)14-20-19-5-3-2-4-17(19)8-11-21(20)30-15-16-6-9-18(25)10-7-16/h2-11,14H,12-13,15H2,1H3/b22-14+. The molecular weight excluding hydrogens is 417 g/mol. The molecule has 3 aromatic rings. The number of methoxy groups -OCH3 is 1. The average molecular weight is 437 g/mol. The monoisotopic (exact) mass is 437 g/mol. The predicted molar refractivity (Wildman–Crippen MR) is 119 cm³/mol. The van der Waals surface area contributed by atoms with Gasteiger partial charge in [-0.15, -0.1) is 0 Å². The maximum Gasteiger partial charge on any atom is 0.293 e. The molecule has 0 radical (unpaired) electrons. The third-order valence-electron chi connectivity index (χ3n) is 4.91. The molecule has 158 valence electrons. The van der Waals surface area contributed by atoms with Crippen LogP contribution in [0.1, 0.15) is 11.1 Å². The number of halogens is 1. The second-order valence-corrected chi connectivity index (χ2v) is 7.93. The van der Waals surface area contributed by atoms with Crippen LogP contribution < -0.4 is 4.74 Å². The van der Waals surface area contributed by atoms with E-state index in [-0.39, 0.29) is 36.7 Å². The lowest BCUT2D eigenvalue weighted by Crippen LogP contribution is -2.31. The fourth-order valence-electron chi connectivity index (χ4n) is 3.30. The Hall–Kier alpha value is -3.16. The highest BCUT2D eigenvalue weighted by atomic mass is 32.2. The largest absolute Gasteiger partial charge is 0.488 e. The maximum atomic E-state index is 13.2. The van der Waals surface area contributed by atoms with Crippen LogP contribution >= 0.6 is 11.8 Å². The molecule has 1 saturated heterocycles. The van der Waals surface area contributed by atoms with Gasteiger partial charge in [-0.1, -0.05) is 42.5 Å². The number of imide groups is 1. The lowest BCUT2D eigenvalue weighted by atomic mass is 10.0. The number of fused-ring (bicyclic) bond motifs is 1. The third kappa shape index (κ3) is 4.62. The molecule has 4 rings (SSSR count). The van der Waals surface area contributed by atoms with Crippen LogP contribution in [-0.4, -0.2) is 36.3 Å². The van der Waals surface area contributed by atoms with E-state index in [4.69, 9.17) is 9.47 Å². The van der Waals surface area contributed by atoms with Crippen molar-refractivity contribution in [2.75, 3.05) is 20.3 Å². The number of carbonyl (C=O) groups is 2. The maximum absolute atomic E-state index is 13.2. The summed E-state index contributed by atoms with van der Waals surface area (Å²) in [4.78, 5) is 26.6. The minimum absolute atomic E-state index is 0.210. The van der Waals surface area contributed by atoms with Crippen molar-refractivity contribution < 1.29 is 23.5 Å². The number of hydrogen-bond donors (Lipinski definition) is 0. The zero-order valence-electron chi connectivity index (χ0n) is 16.8. The quantitative estimate of drug-likeness (QED) is 0.473. The summed E-state index contributed by atoms with van der Waals surface area (Å²) in [6.07, 6.45) is 1.71. The fourth-order valence-corrected chi connectivity index (χ4v) is 4.15. The van der Waals surface area contributed by atoms with Gasteiger partial charge in [0.1, 0.15) is 18.2 Å². The van der Waals surface area contributed by atoms with Gasteiger partial charge in [0.2, 0.25) is 0 Å². The SMILES string of the molecule is COCCN1C(=O)S/C(=C/c2c(OCc3ccc(F)cc3)ccc3ccccc23)C1=O. The van der Waals surface area contributed by atoms with Crippen molar-refractivity contribution in [1.29, 1.82) is 0 Å². The number of hydrogen-bond acceptors (Lipinski definition) is 5. The third-order valence-corrected chi connectivity index (χ3v) is 5.81. The lowest BCUT2D eigenvalue weighted by Gasteiger charge is -2.13. The minimum Gasteiger partial charge on any atom is -0.488 e. The van der Waals surface area contributed by atoms with Gasteiger partial charge >= 0.3 is 0 Å². The van der Waals surface area contributed by atoms with E-state index in [1.165, 1.54) is 24.1 Å². The first-order valence-corrected chi connectivity index (χ1v) is 10.5. The van der Waals surface area contributed by atoms with Gasteiger partial charge in [-0.3, -0.25) is 14.5 Å². The van der Waals surface area contributed by atoms with Crippen LogP contribution in [0.25, 0.3) is 16.8 Å². The predicted octanol–water partition coefficient (Wildman–Crippen LogP) is 5.24. The summed E-state index contributed by atoms with van der Waals surface area (Å²) in [5, 5.41) is 1.58. The molecule has 1 heterocycles. The van der Waals surface area contributed by atoms with Crippen molar-refractivity contribution in [2.24, 2.45) is 0 Å². The highest BCUT2D eigenvalue weighted by molar-refractivity contribution is 8.18. The van der Waals surface area contributed by atoms with Gasteiger partial charge < -0.3 is 9.47 Å². The molecule has 31 heavy (non-hydrogen) atoms. The summed E-state index contributed by atoms with van der Waals surface area (Å²) in [5.41, 5.74) is 1.54. The molecule has 0 atom stereocenters.